The van der Waals surface area contributed by atoms with Crippen molar-refractivity contribution in [3.05, 3.63) is 23.6 Å². The van der Waals surface area contributed by atoms with Crippen LogP contribution in [-0.2, 0) is 17.3 Å². The monoisotopic (exact) mass is 285 g/mol. The third-order valence-corrected chi connectivity index (χ3v) is 4.36. The third-order valence-electron chi connectivity index (χ3n) is 3.09. The lowest BCUT2D eigenvalue weighted by atomic mass is 10.2. The van der Waals surface area contributed by atoms with Gasteiger partial charge in [0.2, 0.25) is 0 Å². The Balaban J connectivity index is 2.16. The summed E-state index contributed by atoms with van der Waals surface area (Å²) in [5.74, 6) is 1.82. The van der Waals surface area contributed by atoms with Crippen molar-refractivity contribution in [1.29, 1.82) is 0 Å². The molecule has 1 aliphatic heterocycles. The molecular formula is C13H20FN3OS. The predicted octanol–water partition coefficient (Wildman–Crippen LogP) is 1.29. The lowest BCUT2D eigenvalue weighted by Gasteiger charge is -2.29. The van der Waals surface area contributed by atoms with Gasteiger partial charge in [0.1, 0.15) is 11.6 Å². The van der Waals surface area contributed by atoms with Crippen molar-refractivity contribution in [2.45, 2.75) is 26.4 Å². The van der Waals surface area contributed by atoms with Crippen LogP contribution in [0.4, 0.5) is 10.2 Å². The molecule has 19 heavy (non-hydrogen) atoms. The van der Waals surface area contributed by atoms with Gasteiger partial charge in [-0.1, -0.05) is 13.8 Å². The fourth-order valence-electron chi connectivity index (χ4n) is 2.05. The molecule has 0 amide bonds. The van der Waals surface area contributed by atoms with E-state index in [0.717, 1.165) is 24.5 Å². The van der Waals surface area contributed by atoms with E-state index in [4.69, 9.17) is 0 Å². The Bertz CT molecular complexity index is 457. The van der Waals surface area contributed by atoms with Crippen molar-refractivity contribution in [2.24, 2.45) is 0 Å². The molecule has 1 aromatic heterocycles. The maximum Gasteiger partial charge on any atom is 0.141 e. The molecule has 1 aliphatic rings. The topological polar surface area (TPSA) is 45.2 Å². The molecule has 6 heteroatoms. The van der Waals surface area contributed by atoms with Crippen LogP contribution in [0.25, 0.3) is 0 Å². The van der Waals surface area contributed by atoms with Crippen LogP contribution in [0.2, 0.25) is 0 Å². The highest BCUT2D eigenvalue weighted by Crippen LogP contribution is 2.20. The van der Waals surface area contributed by atoms with Crippen LogP contribution < -0.4 is 10.2 Å². The first-order valence-electron chi connectivity index (χ1n) is 6.54. The summed E-state index contributed by atoms with van der Waals surface area (Å²) in [5, 5.41) is 3.28. The van der Waals surface area contributed by atoms with Crippen LogP contribution in [0, 0.1) is 5.82 Å². The molecule has 1 saturated heterocycles. The average molecular weight is 285 g/mol. The van der Waals surface area contributed by atoms with Gasteiger partial charge in [-0.2, -0.15) is 0 Å². The van der Waals surface area contributed by atoms with Gasteiger partial charge in [0.05, 0.1) is 6.20 Å². The van der Waals surface area contributed by atoms with Gasteiger partial charge in [-0.05, 0) is 6.07 Å². The molecule has 106 valence electrons. The van der Waals surface area contributed by atoms with Gasteiger partial charge in [-0.3, -0.25) is 4.21 Å². The summed E-state index contributed by atoms with van der Waals surface area (Å²) in [7, 11) is -0.716. The molecule has 2 heterocycles. The quantitative estimate of drug-likeness (QED) is 0.905. The average Bonchev–Trinajstić information content (AvgIpc) is 2.38. The van der Waals surface area contributed by atoms with Crippen LogP contribution >= 0.6 is 0 Å². The molecule has 0 bridgehead atoms. The normalized spacial score (nSPS) is 17.2. The van der Waals surface area contributed by atoms with E-state index >= 15 is 0 Å². The largest absolute Gasteiger partial charge is 0.355 e. The van der Waals surface area contributed by atoms with Gasteiger partial charge in [0.25, 0.3) is 0 Å². The van der Waals surface area contributed by atoms with Gasteiger partial charge in [-0.15, -0.1) is 0 Å². The first-order chi connectivity index (χ1) is 9.06. The molecule has 2 rings (SSSR count). The number of hydrogen-bond acceptors (Lipinski definition) is 4. The smallest absolute Gasteiger partial charge is 0.141 e. The molecular weight excluding hydrogens is 265 g/mol. The Kier molecular flexibility index (Phi) is 4.87. The van der Waals surface area contributed by atoms with Crippen molar-refractivity contribution in [3.63, 3.8) is 0 Å². The molecule has 0 aliphatic carbocycles. The molecule has 1 N–H and O–H groups in total. The van der Waals surface area contributed by atoms with E-state index in [-0.39, 0.29) is 5.82 Å². The van der Waals surface area contributed by atoms with E-state index in [1.165, 1.54) is 12.3 Å². The zero-order valence-corrected chi connectivity index (χ0v) is 12.2. The van der Waals surface area contributed by atoms with Crippen molar-refractivity contribution in [2.75, 3.05) is 29.5 Å². The molecule has 0 unspecified atom stereocenters. The van der Waals surface area contributed by atoms with E-state index in [2.05, 4.69) is 29.0 Å². The molecule has 0 aromatic carbocycles. The molecule has 0 spiro atoms. The van der Waals surface area contributed by atoms with Gasteiger partial charge in [-0.25, -0.2) is 9.37 Å². The Hall–Kier alpha value is -1.01. The van der Waals surface area contributed by atoms with Gasteiger partial charge in [0.15, 0.2) is 0 Å². The lowest BCUT2D eigenvalue weighted by Crippen LogP contribution is -2.39. The number of pyridine rings is 1. The second-order valence-electron chi connectivity index (χ2n) is 5.01. The van der Waals surface area contributed by atoms with E-state index in [1.807, 2.05) is 0 Å². The number of nitrogens with zero attached hydrogens (tertiary/aromatic N) is 2. The van der Waals surface area contributed by atoms with E-state index in [0.29, 0.717) is 24.1 Å². The van der Waals surface area contributed by atoms with Gasteiger partial charge in [0, 0.05) is 53.5 Å². The first kappa shape index (κ1) is 14.4. The molecule has 0 radical (unpaired) electrons. The summed E-state index contributed by atoms with van der Waals surface area (Å²) in [6, 6.07) is 1.87. The number of anilines is 1. The highest BCUT2D eigenvalue weighted by atomic mass is 32.2. The van der Waals surface area contributed by atoms with Crippen molar-refractivity contribution in [3.8, 4) is 0 Å². The van der Waals surface area contributed by atoms with Crippen molar-refractivity contribution >= 4 is 16.6 Å². The number of halogens is 1. The van der Waals surface area contributed by atoms with E-state index in [1.54, 1.807) is 0 Å². The predicted molar refractivity (Wildman–Crippen MR) is 76.3 cm³/mol. The highest BCUT2D eigenvalue weighted by Gasteiger charge is 2.19. The van der Waals surface area contributed by atoms with Crippen LogP contribution in [0.1, 0.15) is 19.4 Å². The summed E-state index contributed by atoms with van der Waals surface area (Å²) in [5.41, 5.74) is 0.862. The van der Waals surface area contributed by atoms with Crippen LogP contribution in [0.15, 0.2) is 12.3 Å². The minimum absolute atomic E-state index is 0.315. The Labute approximate surface area is 115 Å². The summed E-state index contributed by atoms with van der Waals surface area (Å²) in [6.45, 7) is 6.14. The zero-order chi connectivity index (χ0) is 13.8. The summed E-state index contributed by atoms with van der Waals surface area (Å²) in [6.07, 6.45) is 1.25. The highest BCUT2D eigenvalue weighted by molar-refractivity contribution is 7.85. The molecule has 1 aromatic rings. The standard InChI is InChI=1S/C13H20FN3OS/c1-10(2)15-8-11-7-12(14)9-16-13(11)17-3-5-19(18)6-4-17/h7,9-10,15H,3-6,8H2,1-2H3. The molecule has 0 atom stereocenters. The number of rotatable bonds is 4. The second-order valence-corrected chi connectivity index (χ2v) is 6.70. The van der Waals surface area contributed by atoms with Crippen molar-refractivity contribution < 1.29 is 8.60 Å². The second kappa shape index (κ2) is 6.43. The number of aromatic nitrogens is 1. The van der Waals surface area contributed by atoms with Crippen molar-refractivity contribution in [1.82, 2.24) is 10.3 Å². The van der Waals surface area contributed by atoms with Gasteiger partial charge >= 0.3 is 0 Å². The fourth-order valence-corrected chi connectivity index (χ4v) is 3.10. The lowest BCUT2D eigenvalue weighted by molar-refractivity contribution is 0.576. The summed E-state index contributed by atoms with van der Waals surface area (Å²) < 4.78 is 24.7. The van der Waals surface area contributed by atoms with Crippen LogP contribution in [0.5, 0.6) is 0 Å². The van der Waals surface area contributed by atoms with E-state index < -0.39 is 10.8 Å². The number of hydrogen-bond donors (Lipinski definition) is 1. The maximum absolute atomic E-state index is 13.3. The first-order valence-corrected chi connectivity index (χ1v) is 8.03. The molecule has 1 fully saturated rings. The Morgan fingerprint density at radius 2 is 2.16 bits per heavy atom. The van der Waals surface area contributed by atoms with Crippen LogP contribution in [-0.4, -0.2) is 39.8 Å². The molecule has 0 saturated carbocycles. The zero-order valence-electron chi connectivity index (χ0n) is 11.4. The van der Waals surface area contributed by atoms with Gasteiger partial charge < -0.3 is 10.2 Å². The third kappa shape index (κ3) is 3.98. The van der Waals surface area contributed by atoms with E-state index in [9.17, 15) is 8.60 Å². The number of nitrogens with one attached hydrogen (secondary N) is 1. The minimum Gasteiger partial charge on any atom is -0.355 e. The fraction of sp³-hybridized carbons (Fsp3) is 0.615. The Morgan fingerprint density at radius 3 is 2.79 bits per heavy atom. The Morgan fingerprint density at radius 1 is 1.47 bits per heavy atom. The van der Waals surface area contributed by atoms with Crippen LogP contribution in [0.3, 0.4) is 0 Å². The summed E-state index contributed by atoms with van der Waals surface area (Å²) >= 11 is 0. The summed E-state index contributed by atoms with van der Waals surface area (Å²) in [4.78, 5) is 6.31. The molecule has 4 nitrogen and oxygen atoms in total. The SMILES string of the molecule is CC(C)NCc1cc(F)cnc1N1CCS(=O)CC1. The minimum atomic E-state index is -0.716. The maximum atomic E-state index is 13.3.